The lowest BCUT2D eigenvalue weighted by Gasteiger charge is -2.23. The van der Waals surface area contributed by atoms with Crippen LogP contribution >= 0.6 is 0 Å². The van der Waals surface area contributed by atoms with E-state index >= 15 is 0 Å². The lowest BCUT2D eigenvalue weighted by Crippen LogP contribution is -2.29. The quantitative estimate of drug-likeness (QED) is 0.744. The molecule has 2 aromatic carbocycles. The van der Waals surface area contributed by atoms with Crippen LogP contribution in [0.3, 0.4) is 0 Å². The fourth-order valence-electron chi connectivity index (χ4n) is 4.23. The molecule has 0 bridgehead atoms. The fourth-order valence-corrected chi connectivity index (χ4v) is 4.23. The molecule has 2 aliphatic rings. The van der Waals surface area contributed by atoms with Crippen LogP contribution in [0.15, 0.2) is 42.5 Å². The largest absolute Gasteiger partial charge is 0.495 e. The van der Waals surface area contributed by atoms with Crippen molar-refractivity contribution in [2.24, 2.45) is 11.7 Å². The Morgan fingerprint density at radius 2 is 1.84 bits per heavy atom. The van der Waals surface area contributed by atoms with Gasteiger partial charge in [0.25, 0.3) is 0 Å². The number of nitrogens with zero attached hydrogens (tertiary/aromatic N) is 2. The van der Waals surface area contributed by atoms with Gasteiger partial charge in [-0.25, -0.2) is 0 Å². The van der Waals surface area contributed by atoms with Gasteiger partial charge in [0.05, 0.1) is 30.1 Å². The summed E-state index contributed by atoms with van der Waals surface area (Å²) in [6, 6.07) is 12.4. The number of para-hydroxylation sites is 2. The number of methoxy groups -OCH3 is 1. The third-order valence-corrected chi connectivity index (χ3v) is 5.86. The molecule has 0 aromatic heterocycles. The minimum absolute atomic E-state index is 0.110. The molecule has 2 aliphatic heterocycles. The first-order chi connectivity index (χ1) is 15.0. The van der Waals surface area contributed by atoms with E-state index in [1.54, 1.807) is 36.3 Å². The number of ether oxygens (including phenoxy) is 1. The van der Waals surface area contributed by atoms with Crippen molar-refractivity contribution < 1.29 is 19.1 Å². The third kappa shape index (κ3) is 4.19. The lowest BCUT2D eigenvalue weighted by atomic mass is 10.1. The van der Waals surface area contributed by atoms with E-state index in [0.717, 1.165) is 31.6 Å². The second-order valence-corrected chi connectivity index (χ2v) is 7.86. The maximum Gasteiger partial charge on any atom is 0.248 e. The normalized spacial score (nSPS) is 18.4. The van der Waals surface area contributed by atoms with Crippen LogP contribution in [0.5, 0.6) is 5.75 Å². The Morgan fingerprint density at radius 3 is 2.55 bits per heavy atom. The summed E-state index contributed by atoms with van der Waals surface area (Å²) in [5.41, 5.74) is 7.83. The van der Waals surface area contributed by atoms with Gasteiger partial charge < -0.3 is 25.6 Å². The summed E-state index contributed by atoms with van der Waals surface area (Å²) in [6.07, 6.45) is 2.27. The zero-order chi connectivity index (χ0) is 22.0. The van der Waals surface area contributed by atoms with E-state index in [4.69, 9.17) is 10.5 Å². The molecule has 3 N–H and O–H groups in total. The highest BCUT2D eigenvalue weighted by Crippen LogP contribution is 2.34. The van der Waals surface area contributed by atoms with E-state index < -0.39 is 11.8 Å². The Morgan fingerprint density at radius 1 is 1.10 bits per heavy atom. The molecule has 2 saturated heterocycles. The molecule has 31 heavy (non-hydrogen) atoms. The summed E-state index contributed by atoms with van der Waals surface area (Å²) in [5, 5.41) is 2.95. The Bertz CT molecular complexity index is 1020. The molecular formula is C23H26N4O4. The maximum atomic E-state index is 13.1. The monoisotopic (exact) mass is 422 g/mol. The second kappa shape index (κ2) is 8.67. The van der Waals surface area contributed by atoms with Gasteiger partial charge in [-0.2, -0.15) is 0 Å². The SMILES string of the molecule is COc1ccccc1N1C[C@H](C(=O)Nc2cc(C(N)=O)ccc2N2CCCC2)CC1=O. The lowest BCUT2D eigenvalue weighted by molar-refractivity contribution is -0.122. The number of hydrogen-bond donors (Lipinski definition) is 2. The number of nitrogens with two attached hydrogens (primary N) is 1. The van der Waals surface area contributed by atoms with Crippen LogP contribution in [0, 0.1) is 5.92 Å². The van der Waals surface area contributed by atoms with Gasteiger partial charge in [-0.1, -0.05) is 12.1 Å². The van der Waals surface area contributed by atoms with E-state index in [9.17, 15) is 14.4 Å². The first-order valence-corrected chi connectivity index (χ1v) is 10.4. The molecule has 0 saturated carbocycles. The number of benzene rings is 2. The summed E-state index contributed by atoms with van der Waals surface area (Å²) in [7, 11) is 1.55. The molecule has 8 heteroatoms. The molecule has 0 unspecified atom stereocenters. The summed E-state index contributed by atoms with van der Waals surface area (Å²) in [5.74, 6) is -0.867. The Labute approximate surface area is 180 Å². The number of primary amides is 1. The average molecular weight is 422 g/mol. The number of carbonyl (C=O) groups is 3. The molecule has 3 amide bonds. The van der Waals surface area contributed by atoms with Gasteiger partial charge in [-0.05, 0) is 43.2 Å². The molecule has 2 heterocycles. The van der Waals surface area contributed by atoms with E-state index in [-0.39, 0.29) is 24.8 Å². The van der Waals surface area contributed by atoms with Crippen LogP contribution in [0.25, 0.3) is 0 Å². The van der Waals surface area contributed by atoms with Crippen molar-refractivity contribution in [2.75, 3.05) is 41.9 Å². The summed E-state index contributed by atoms with van der Waals surface area (Å²) >= 11 is 0. The van der Waals surface area contributed by atoms with Gasteiger partial charge in [-0.3, -0.25) is 14.4 Å². The van der Waals surface area contributed by atoms with Crippen molar-refractivity contribution >= 4 is 34.8 Å². The number of amides is 3. The van der Waals surface area contributed by atoms with Gasteiger partial charge in [-0.15, -0.1) is 0 Å². The molecule has 0 aliphatic carbocycles. The molecule has 8 nitrogen and oxygen atoms in total. The topological polar surface area (TPSA) is 105 Å². The summed E-state index contributed by atoms with van der Waals surface area (Å²) in [4.78, 5) is 41.2. The van der Waals surface area contributed by atoms with Crippen LogP contribution in [0.1, 0.15) is 29.6 Å². The molecule has 0 spiro atoms. The number of hydrogen-bond acceptors (Lipinski definition) is 5. The zero-order valence-electron chi connectivity index (χ0n) is 17.5. The molecule has 2 aromatic rings. The van der Waals surface area contributed by atoms with Gasteiger partial charge >= 0.3 is 0 Å². The van der Waals surface area contributed by atoms with Crippen molar-refractivity contribution in [3.63, 3.8) is 0 Å². The van der Waals surface area contributed by atoms with E-state index in [1.165, 1.54) is 0 Å². The van der Waals surface area contributed by atoms with E-state index in [2.05, 4.69) is 10.2 Å². The van der Waals surface area contributed by atoms with Gasteiger partial charge in [0, 0.05) is 31.6 Å². The third-order valence-electron chi connectivity index (χ3n) is 5.86. The van der Waals surface area contributed by atoms with Crippen LogP contribution < -0.4 is 25.6 Å². The molecule has 1 atom stereocenters. The number of carbonyl (C=O) groups excluding carboxylic acids is 3. The molecular weight excluding hydrogens is 396 g/mol. The molecule has 162 valence electrons. The number of nitrogens with one attached hydrogen (secondary N) is 1. The fraction of sp³-hybridized carbons (Fsp3) is 0.348. The molecule has 2 fully saturated rings. The second-order valence-electron chi connectivity index (χ2n) is 7.86. The highest BCUT2D eigenvalue weighted by atomic mass is 16.5. The van der Waals surface area contributed by atoms with Crippen LogP contribution in [-0.4, -0.2) is 44.5 Å². The first-order valence-electron chi connectivity index (χ1n) is 10.4. The average Bonchev–Trinajstić information content (AvgIpc) is 3.43. The van der Waals surface area contributed by atoms with Crippen molar-refractivity contribution in [1.29, 1.82) is 0 Å². The van der Waals surface area contributed by atoms with Crippen molar-refractivity contribution in [3.05, 3.63) is 48.0 Å². The minimum Gasteiger partial charge on any atom is -0.495 e. The smallest absolute Gasteiger partial charge is 0.248 e. The maximum absolute atomic E-state index is 13.1. The molecule has 4 rings (SSSR count). The van der Waals surface area contributed by atoms with Crippen LogP contribution in [-0.2, 0) is 9.59 Å². The van der Waals surface area contributed by atoms with E-state index in [1.807, 2.05) is 18.2 Å². The predicted octanol–water partition coefficient (Wildman–Crippen LogP) is 2.39. The first kappa shape index (κ1) is 20.7. The van der Waals surface area contributed by atoms with Crippen LogP contribution in [0.4, 0.5) is 17.1 Å². The van der Waals surface area contributed by atoms with E-state index in [0.29, 0.717) is 22.7 Å². The Kier molecular flexibility index (Phi) is 5.79. The predicted molar refractivity (Wildman–Crippen MR) is 118 cm³/mol. The van der Waals surface area contributed by atoms with Gasteiger partial charge in [0.1, 0.15) is 5.75 Å². The summed E-state index contributed by atoms with van der Waals surface area (Å²) < 4.78 is 5.36. The number of anilines is 3. The highest BCUT2D eigenvalue weighted by Gasteiger charge is 2.36. The zero-order valence-corrected chi connectivity index (χ0v) is 17.5. The number of rotatable bonds is 6. The summed E-state index contributed by atoms with van der Waals surface area (Å²) in [6.45, 7) is 2.05. The van der Waals surface area contributed by atoms with Crippen molar-refractivity contribution in [3.8, 4) is 5.75 Å². The van der Waals surface area contributed by atoms with Gasteiger partial charge in [0.15, 0.2) is 0 Å². The van der Waals surface area contributed by atoms with Gasteiger partial charge in [0.2, 0.25) is 17.7 Å². The standard InChI is InChI=1S/C23H26N4O4/c1-31-20-7-3-2-6-19(20)27-14-16(13-21(27)28)23(30)25-17-12-15(22(24)29)8-9-18(17)26-10-4-5-11-26/h2-3,6-9,12,16H,4-5,10-11,13-14H2,1H3,(H2,24,29)(H,25,30)/t16-/m1/s1. The Balaban J connectivity index is 1.55. The molecule has 0 radical (unpaired) electrons. The van der Waals surface area contributed by atoms with Crippen LogP contribution in [0.2, 0.25) is 0 Å². The minimum atomic E-state index is -0.554. The van der Waals surface area contributed by atoms with Crippen molar-refractivity contribution in [2.45, 2.75) is 19.3 Å². The highest BCUT2D eigenvalue weighted by molar-refractivity contribution is 6.05. The van der Waals surface area contributed by atoms with Crippen molar-refractivity contribution in [1.82, 2.24) is 0 Å². The Hall–Kier alpha value is -3.55.